The quantitative estimate of drug-likeness (QED) is 0.744. The molecule has 0 aliphatic carbocycles. The molecule has 0 spiro atoms. The van der Waals surface area contributed by atoms with Crippen LogP contribution in [-0.2, 0) is 9.47 Å². The van der Waals surface area contributed by atoms with Gasteiger partial charge >= 0.3 is 11.9 Å². The van der Waals surface area contributed by atoms with Crippen molar-refractivity contribution in [3.05, 3.63) is 22.9 Å². The molecule has 0 atom stereocenters. The first-order valence-electron chi connectivity index (χ1n) is 4.38. The number of nitrogens with zero attached hydrogens (tertiary/aromatic N) is 1. The molecule has 0 radical (unpaired) electrons. The van der Waals surface area contributed by atoms with E-state index in [1.54, 1.807) is 0 Å². The Kier molecular flexibility index (Phi) is 3.44. The highest BCUT2D eigenvalue weighted by Gasteiger charge is 2.19. The molecule has 0 amide bonds. The zero-order valence-electron chi connectivity index (χ0n) is 9.10. The standard InChI is InChI=1S/C10H11NO5/c1-5-6(9(13)15-2)4-7(8(12)11-5)10(14)16-3/h4H,1-3H3,(H,11,12). The highest BCUT2D eigenvalue weighted by molar-refractivity contribution is 5.97. The molecule has 0 bridgehead atoms. The molecule has 6 heteroatoms. The summed E-state index contributed by atoms with van der Waals surface area (Å²) >= 11 is 0. The van der Waals surface area contributed by atoms with Gasteiger partial charge in [0, 0.05) is 0 Å². The minimum absolute atomic E-state index is 0.112. The first-order chi connectivity index (χ1) is 7.51. The van der Waals surface area contributed by atoms with Crippen LogP contribution in [0.1, 0.15) is 26.4 Å². The van der Waals surface area contributed by atoms with E-state index in [0.717, 1.165) is 0 Å². The van der Waals surface area contributed by atoms with Crippen LogP contribution in [0.3, 0.4) is 0 Å². The number of carbonyl (C=O) groups excluding carboxylic acids is 2. The Bertz CT molecular complexity index is 404. The van der Waals surface area contributed by atoms with Gasteiger partial charge in [0.2, 0.25) is 5.88 Å². The maximum atomic E-state index is 11.3. The van der Waals surface area contributed by atoms with E-state index < -0.39 is 17.8 Å². The molecule has 0 saturated heterocycles. The molecule has 1 N–H and O–H groups in total. The SMILES string of the molecule is COC(=O)c1cc(C(=O)OC)c(O)nc1C. The first kappa shape index (κ1) is 12.0. The van der Waals surface area contributed by atoms with E-state index in [4.69, 9.17) is 0 Å². The number of aryl methyl sites for hydroxylation is 1. The number of rotatable bonds is 2. The maximum absolute atomic E-state index is 11.3. The number of esters is 2. The average molecular weight is 225 g/mol. The second-order valence-corrected chi connectivity index (χ2v) is 2.98. The minimum atomic E-state index is -0.768. The van der Waals surface area contributed by atoms with Crippen LogP contribution < -0.4 is 0 Å². The van der Waals surface area contributed by atoms with Gasteiger partial charge in [-0.2, -0.15) is 0 Å². The van der Waals surface area contributed by atoms with Crippen LogP contribution in [0.5, 0.6) is 5.88 Å². The minimum Gasteiger partial charge on any atom is -0.493 e. The molecule has 0 saturated carbocycles. The summed E-state index contributed by atoms with van der Waals surface area (Å²) in [7, 11) is 2.38. The molecule has 16 heavy (non-hydrogen) atoms. The zero-order chi connectivity index (χ0) is 12.3. The average Bonchev–Trinajstić information content (AvgIpc) is 2.27. The van der Waals surface area contributed by atoms with Gasteiger partial charge in [0.1, 0.15) is 5.56 Å². The van der Waals surface area contributed by atoms with Gasteiger partial charge in [-0.1, -0.05) is 0 Å². The van der Waals surface area contributed by atoms with E-state index in [0.29, 0.717) is 0 Å². The van der Waals surface area contributed by atoms with Crippen molar-refractivity contribution in [3.63, 3.8) is 0 Å². The lowest BCUT2D eigenvalue weighted by atomic mass is 10.1. The number of hydrogen-bond acceptors (Lipinski definition) is 6. The van der Waals surface area contributed by atoms with E-state index in [1.165, 1.54) is 27.2 Å². The van der Waals surface area contributed by atoms with Crippen LogP contribution >= 0.6 is 0 Å². The third-order valence-electron chi connectivity index (χ3n) is 2.00. The summed E-state index contributed by atoms with van der Waals surface area (Å²) < 4.78 is 8.95. The van der Waals surface area contributed by atoms with Crippen molar-refractivity contribution in [1.29, 1.82) is 0 Å². The summed E-state index contributed by atoms with van der Waals surface area (Å²) in [6.07, 6.45) is 0. The lowest BCUT2D eigenvalue weighted by Crippen LogP contribution is -2.10. The summed E-state index contributed by atoms with van der Waals surface area (Å²) in [4.78, 5) is 26.2. The predicted octanol–water partition coefficient (Wildman–Crippen LogP) is 0.669. The number of carbonyl (C=O) groups is 2. The summed E-state index contributed by atoms with van der Waals surface area (Å²) in [6.45, 7) is 1.52. The fourth-order valence-electron chi connectivity index (χ4n) is 1.17. The molecule has 0 aliphatic heterocycles. The molecule has 0 aliphatic rings. The normalized spacial score (nSPS) is 9.69. The van der Waals surface area contributed by atoms with E-state index in [1.807, 2.05) is 0 Å². The molecule has 6 nitrogen and oxygen atoms in total. The molecule has 0 unspecified atom stereocenters. The van der Waals surface area contributed by atoms with E-state index >= 15 is 0 Å². The molecular weight excluding hydrogens is 214 g/mol. The highest BCUT2D eigenvalue weighted by Crippen LogP contribution is 2.19. The Balaban J connectivity index is 3.32. The smallest absolute Gasteiger partial charge is 0.343 e. The van der Waals surface area contributed by atoms with Gasteiger partial charge in [0.15, 0.2) is 0 Å². The van der Waals surface area contributed by atoms with E-state index in [2.05, 4.69) is 14.5 Å². The second kappa shape index (κ2) is 4.61. The summed E-state index contributed by atoms with van der Waals surface area (Å²) in [5.41, 5.74) is 0.214. The lowest BCUT2D eigenvalue weighted by molar-refractivity contribution is 0.0595. The molecule has 1 rings (SSSR count). The second-order valence-electron chi connectivity index (χ2n) is 2.98. The van der Waals surface area contributed by atoms with Gasteiger partial charge in [-0.25, -0.2) is 14.6 Å². The van der Waals surface area contributed by atoms with Crippen molar-refractivity contribution in [3.8, 4) is 5.88 Å². The number of methoxy groups -OCH3 is 2. The summed E-state index contributed by atoms with van der Waals surface area (Å²) in [5, 5.41) is 9.41. The maximum Gasteiger partial charge on any atom is 0.343 e. The summed E-state index contributed by atoms with van der Waals surface area (Å²) in [6, 6.07) is 1.19. The van der Waals surface area contributed by atoms with Crippen molar-refractivity contribution >= 4 is 11.9 Å². The fraction of sp³-hybridized carbons (Fsp3) is 0.300. The van der Waals surface area contributed by atoms with Gasteiger partial charge < -0.3 is 14.6 Å². The Hall–Kier alpha value is -2.11. The topological polar surface area (TPSA) is 85.7 Å². The van der Waals surface area contributed by atoms with Crippen LogP contribution in [-0.4, -0.2) is 36.2 Å². The van der Waals surface area contributed by atoms with Crippen LogP contribution in [0.15, 0.2) is 6.07 Å². The van der Waals surface area contributed by atoms with Gasteiger partial charge in [-0.15, -0.1) is 0 Å². The first-order valence-corrected chi connectivity index (χ1v) is 4.38. The fourth-order valence-corrected chi connectivity index (χ4v) is 1.17. The third kappa shape index (κ3) is 2.10. The van der Waals surface area contributed by atoms with Crippen molar-refractivity contribution in [2.24, 2.45) is 0 Å². The number of ether oxygens (including phenoxy) is 2. The summed E-state index contributed by atoms with van der Waals surface area (Å²) in [5.74, 6) is -1.87. The molecular formula is C10H11NO5. The Labute approximate surface area is 91.8 Å². The number of aromatic hydroxyl groups is 1. The number of pyridine rings is 1. The van der Waals surface area contributed by atoms with Crippen LogP contribution in [0, 0.1) is 6.92 Å². The predicted molar refractivity (Wildman–Crippen MR) is 53.3 cm³/mol. The van der Waals surface area contributed by atoms with Crippen molar-refractivity contribution in [2.45, 2.75) is 6.92 Å². The van der Waals surface area contributed by atoms with Gasteiger partial charge in [-0.05, 0) is 13.0 Å². The third-order valence-corrected chi connectivity index (χ3v) is 2.00. The molecule has 1 aromatic rings. The van der Waals surface area contributed by atoms with E-state index in [-0.39, 0.29) is 16.8 Å². The van der Waals surface area contributed by atoms with Crippen molar-refractivity contribution in [1.82, 2.24) is 4.98 Å². The van der Waals surface area contributed by atoms with Crippen molar-refractivity contribution < 1.29 is 24.2 Å². The zero-order valence-corrected chi connectivity index (χ0v) is 9.10. The molecule has 0 aromatic carbocycles. The number of hydrogen-bond donors (Lipinski definition) is 1. The van der Waals surface area contributed by atoms with Crippen LogP contribution in [0.4, 0.5) is 0 Å². The van der Waals surface area contributed by atoms with Gasteiger partial charge in [0.25, 0.3) is 0 Å². The van der Waals surface area contributed by atoms with Crippen LogP contribution in [0.2, 0.25) is 0 Å². The molecule has 1 aromatic heterocycles. The Morgan fingerprint density at radius 1 is 1.19 bits per heavy atom. The van der Waals surface area contributed by atoms with Crippen LogP contribution in [0.25, 0.3) is 0 Å². The van der Waals surface area contributed by atoms with Crippen molar-refractivity contribution in [2.75, 3.05) is 14.2 Å². The molecule has 86 valence electrons. The number of aromatic nitrogens is 1. The Morgan fingerprint density at radius 2 is 1.69 bits per heavy atom. The monoisotopic (exact) mass is 225 g/mol. The highest BCUT2D eigenvalue weighted by atomic mass is 16.5. The van der Waals surface area contributed by atoms with Gasteiger partial charge in [-0.3, -0.25) is 0 Å². The lowest BCUT2D eigenvalue weighted by Gasteiger charge is -2.07. The van der Waals surface area contributed by atoms with E-state index in [9.17, 15) is 14.7 Å². The molecule has 0 fully saturated rings. The largest absolute Gasteiger partial charge is 0.493 e. The Morgan fingerprint density at radius 3 is 2.19 bits per heavy atom. The van der Waals surface area contributed by atoms with Gasteiger partial charge in [0.05, 0.1) is 25.5 Å². The molecule has 1 heterocycles.